The van der Waals surface area contributed by atoms with Crippen LogP contribution in [0.25, 0.3) is 0 Å². The van der Waals surface area contributed by atoms with Gasteiger partial charge < -0.3 is 18.9 Å². The van der Waals surface area contributed by atoms with Crippen LogP contribution in [0.15, 0.2) is 82.5 Å². The Morgan fingerprint density at radius 3 is 2.26 bits per heavy atom. The highest BCUT2D eigenvalue weighted by molar-refractivity contribution is 5.38. The number of benzene rings is 2. The van der Waals surface area contributed by atoms with Crippen molar-refractivity contribution in [3.05, 3.63) is 105 Å². The summed E-state index contributed by atoms with van der Waals surface area (Å²) in [5.41, 5.74) is -2.35. The number of fused-ring (bicyclic) bond motifs is 1. The third kappa shape index (κ3) is 3.61. The van der Waals surface area contributed by atoms with Crippen molar-refractivity contribution in [3.63, 3.8) is 0 Å². The van der Waals surface area contributed by atoms with Crippen molar-refractivity contribution in [3.8, 4) is 0 Å². The molecule has 1 unspecified atom stereocenters. The Morgan fingerprint density at radius 2 is 1.65 bits per heavy atom. The van der Waals surface area contributed by atoms with Crippen molar-refractivity contribution in [2.45, 2.75) is 42.9 Å². The van der Waals surface area contributed by atoms with Crippen molar-refractivity contribution in [1.82, 2.24) is 9.55 Å². The number of alkyl halides is 1. The molecule has 3 aromatic rings. The van der Waals surface area contributed by atoms with Gasteiger partial charge in [-0.15, -0.1) is 0 Å². The van der Waals surface area contributed by atoms with E-state index in [1.807, 2.05) is 60.7 Å². The lowest BCUT2D eigenvalue weighted by molar-refractivity contribution is -0.128. The minimum Gasteiger partial charge on any atom is -0.381 e. The van der Waals surface area contributed by atoms with Crippen LogP contribution in [-0.4, -0.2) is 46.7 Å². The highest BCUT2D eigenvalue weighted by Crippen LogP contribution is 2.67. The summed E-state index contributed by atoms with van der Waals surface area (Å²) >= 11 is 0. The topological polar surface area (TPSA) is 91.8 Å². The molecule has 0 amide bonds. The highest BCUT2D eigenvalue weighted by Gasteiger charge is 2.90. The molecule has 0 spiro atoms. The Kier molecular flexibility index (Phi) is 5.95. The first kappa shape index (κ1) is 22.7. The van der Waals surface area contributed by atoms with E-state index in [-0.39, 0.29) is 19.8 Å². The zero-order chi connectivity index (χ0) is 23.8. The molecule has 34 heavy (non-hydrogen) atoms. The van der Waals surface area contributed by atoms with Gasteiger partial charge in [-0.1, -0.05) is 60.7 Å². The number of aromatic amines is 1. The number of ether oxygens (including phenoxy) is 4. The van der Waals surface area contributed by atoms with Gasteiger partial charge in [-0.05, 0) is 11.1 Å². The SMILES string of the molecule is COC[C@]12O[C@@H](n3ccc(=O)[nH]c3=O)[C@H](F)[C@@]1(OCc1ccccc1)C2OCc1ccccc1. The van der Waals surface area contributed by atoms with Crippen molar-refractivity contribution in [2.24, 2.45) is 0 Å². The summed E-state index contributed by atoms with van der Waals surface area (Å²) in [6, 6.07) is 20.0. The number of H-pyrrole nitrogens is 1. The summed E-state index contributed by atoms with van der Waals surface area (Å²) in [6.45, 7) is 0.345. The second-order valence-corrected chi connectivity index (χ2v) is 8.49. The van der Waals surface area contributed by atoms with Gasteiger partial charge in [0.2, 0.25) is 0 Å². The van der Waals surface area contributed by atoms with E-state index in [2.05, 4.69) is 4.98 Å². The average molecular weight is 468 g/mol. The first-order chi connectivity index (χ1) is 16.5. The minimum atomic E-state index is -1.77. The van der Waals surface area contributed by atoms with Crippen LogP contribution in [0.5, 0.6) is 0 Å². The van der Waals surface area contributed by atoms with Crippen molar-refractivity contribution in [1.29, 1.82) is 0 Å². The standard InChI is InChI=1S/C25H25FN2O6/c1-31-16-24-22(32-14-17-8-4-2-5-9-17)25(24,33-15-18-10-6-3-7-11-18)20(26)21(34-24)28-13-12-19(29)27-23(28)30/h2-13,20-22H,14-16H2,1H3,(H,27,29,30)/t20-,21+,22?,24+,25+/m0/s1. The van der Waals surface area contributed by atoms with Crippen LogP contribution in [0.3, 0.4) is 0 Å². The molecule has 2 aliphatic rings. The van der Waals surface area contributed by atoms with Crippen LogP contribution in [-0.2, 0) is 32.2 Å². The predicted molar refractivity (Wildman–Crippen MR) is 120 cm³/mol. The molecule has 1 saturated heterocycles. The molecule has 1 aliphatic heterocycles. The number of methoxy groups -OCH3 is 1. The fourth-order valence-electron chi connectivity index (χ4n) is 4.82. The summed E-state index contributed by atoms with van der Waals surface area (Å²) in [4.78, 5) is 26.0. The molecule has 178 valence electrons. The first-order valence-electron chi connectivity index (χ1n) is 11.0. The van der Waals surface area contributed by atoms with E-state index < -0.39 is 41.0 Å². The van der Waals surface area contributed by atoms with Gasteiger partial charge >= 0.3 is 5.69 Å². The quantitative estimate of drug-likeness (QED) is 0.519. The molecule has 2 heterocycles. The largest absolute Gasteiger partial charge is 0.381 e. The summed E-state index contributed by atoms with van der Waals surface area (Å²) in [5, 5.41) is 0. The Hall–Kier alpha value is -3.11. The zero-order valence-corrected chi connectivity index (χ0v) is 18.6. The third-order valence-electron chi connectivity index (χ3n) is 6.45. The molecule has 8 nitrogen and oxygen atoms in total. The fourth-order valence-corrected chi connectivity index (χ4v) is 4.82. The van der Waals surface area contributed by atoms with Gasteiger partial charge in [-0.2, -0.15) is 0 Å². The smallest absolute Gasteiger partial charge is 0.330 e. The molecule has 9 heteroatoms. The zero-order valence-electron chi connectivity index (χ0n) is 18.6. The van der Waals surface area contributed by atoms with Gasteiger partial charge in [-0.25, -0.2) is 9.18 Å². The Balaban J connectivity index is 1.48. The fraction of sp³-hybridized carbons (Fsp3) is 0.360. The number of nitrogens with one attached hydrogen (secondary N) is 1. The second-order valence-electron chi connectivity index (χ2n) is 8.49. The Labute approximate surface area is 194 Å². The number of rotatable bonds is 9. The van der Waals surface area contributed by atoms with Gasteiger partial charge in [-0.3, -0.25) is 14.3 Å². The van der Waals surface area contributed by atoms with E-state index in [4.69, 9.17) is 18.9 Å². The van der Waals surface area contributed by atoms with Gasteiger partial charge in [0.1, 0.15) is 6.10 Å². The molecule has 5 rings (SSSR count). The molecule has 0 bridgehead atoms. The lowest BCUT2D eigenvalue weighted by atomic mass is 10.1. The lowest BCUT2D eigenvalue weighted by Crippen LogP contribution is -2.41. The molecule has 2 aromatic carbocycles. The van der Waals surface area contributed by atoms with Gasteiger partial charge in [0.15, 0.2) is 23.6 Å². The van der Waals surface area contributed by atoms with Gasteiger partial charge in [0.25, 0.3) is 5.56 Å². The number of aromatic nitrogens is 2. The van der Waals surface area contributed by atoms with Crippen molar-refractivity contribution >= 4 is 0 Å². The number of hydrogen-bond donors (Lipinski definition) is 1. The molecule has 2 fully saturated rings. The third-order valence-corrected chi connectivity index (χ3v) is 6.45. The number of halogens is 1. The normalized spacial score (nSPS) is 29.6. The van der Waals surface area contributed by atoms with Gasteiger partial charge in [0, 0.05) is 19.4 Å². The molecule has 1 saturated carbocycles. The van der Waals surface area contributed by atoms with Crippen LogP contribution in [0, 0.1) is 0 Å². The number of hydrogen-bond acceptors (Lipinski definition) is 6. The molecular formula is C25H25FN2O6. The maximum Gasteiger partial charge on any atom is 0.330 e. The number of nitrogens with zero attached hydrogens (tertiary/aromatic N) is 1. The van der Waals surface area contributed by atoms with E-state index in [9.17, 15) is 9.59 Å². The van der Waals surface area contributed by atoms with E-state index >= 15 is 4.39 Å². The predicted octanol–water partition coefficient (Wildman–Crippen LogP) is 2.34. The van der Waals surface area contributed by atoms with E-state index in [0.29, 0.717) is 0 Å². The summed E-state index contributed by atoms with van der Waals surface area (Å²) < 4.78 is 41.2. The molecule has 5 atom stereocenters. The highest BCUT2D eigenvalue weighted by atomic mass is 19.1. The first-order valence-corrected chi connectivity index (χ1v) is 11.0. The van der Waals surface area contributed by atoms with Crippen molar-refractivity contribution < 1.29 is 23.3 Å². The summed E-state index contributed by atoms with van der Waals surface area (Å²) in [7, 11) is 1.49. The molecule has 1 N–H and O–H groups in total. The Bertz CT molecular complexity index is 1250. The lowest BCUT2D eigenvalue weighted by Gasteiger charge is -2.25. The second kappa shape index (κ2) is 8.92. The monoisotopic (exact) mass is 468 g/mol. The summed E-state index contributed by atoms with van der Waals surface area (Å²) in [5.74, 6) is 0. The maximum atomic E-state index is 16.3. The van der Waals surface area contributed by atoms with Crippen LogP contribution < -0.4 is 11.2 Å². The minimum absolute atomic E-state index is 0.00370. The molecule has 1 aliphatic carbocycles. The van der Waals surface area contributed by atoms with Gasteiger partial charge in [0.05, 0.1) is 19.8 Å². The Morgan fingerprint density at radius 1 is 1.00 bits per heavy atom. The van der Waals surface area contributed by atoms with E-state index in [1.54, 1.807) is 0 Å². The average Bonchev–Trinajstić information content (AvgIpc) is 3.30. The van der Waals surface area contributed by atoms with E-state index in [1.165, 1.54) is 13.3 Å². The maximum absolute atomic E-state index is 16.3. The van der Waals surface area contributed by atoms with E-state index in [0.717, 1.165) is 21.8 Å². The van der Waals surface area contributed by atoms with Crippen LogP contribution in [0.1, 0.15) is 17.4 Å². The van der Waals surface area contributed by atoms with Crippen LogP contribution >= 0.6 is 0 Å². The summed E-state index contributed by atoms with van der Waals surface area (Å²) in [6.07, 6.45) is -2.63. The molecular weight excluding hydrogens is 443 g/mol. The molecule has 1 aromatic heterocycles. The molecule has 0 radical (unpaired) electrons. The van der Waals surface area contributed by atoms with Crippen LogP contribution in [0.2, 0.25) is 0 Å². The van der Waals surface area contributed by atoms with Crippen molar-refractivity contribution in [2.75, 3.05) is 13.7 Å². The van der Waals surface area contributed by atoms with Crippen LogP contribution in [0.4, 0.5) is 4.39 Å².